The van der Waals surface area contributed by atoms with Gasteiger partial charge in [-0.1, -0.05) is 52.2 Å². The topological polar surface area (TPSA) is 120 Å². The van der Waals surface area contributed by atoms with Crippen LogP contribution in [0.3, 0.4) is 0 Å². The number of amides is 3. The van der Waals surface area contributed by atoms with Gasteiger partial charge in [-0.15, -0.1) is 0 Å². The summed E-state index contributed by atoms with van der Waals surface area (Å²) in [4.78, 5) is 67.0. The van der Waals surface area contributed by atoms with E-state index in [2.05, 4.69) is 13.2 Å². The van der Waals surface area contributed by atoms with Crippen LogP contribution in [0.4, 0.5) is 4.79 Å². The molecule has 2 aliphatic rings. The van der Waals surface area contributed by atoms with Crippen molar-refractivity contribution in [2.24, 2.45) is 17.3 Å². The quantitative estimate of drug-likeness (QED) is 0.0866. The first kappa shape index (κ1) is 33.2. The van der Waals surface area contributed by atoms with Crippen molar-refractivity contribution in [3.05, 3.63) is 37.0 Å². The van der Waals surface area contributed by atoms with Crippen LogP contribution in [0.5, 0.6) is 0 Å². The fraction of sp³-hybridized carbons (Fsp3) is 0.621. The van der Waals surface area contributed by atoms with Crippen molar-refractivity contribution >= 4 is 38.7 Å². The zero-order chi connectivity index (χ0) is 30.2. The molecule has 3 amide bonds. The Kier molecular flexibility index (Phi) is 12.1. The highest BCUT2D eigenvalue weighted by atomic mass is 28.3. The normalized spacial score (nSPS) is 22.0. The van der Waals surface area contributed by atoms with Crippen LogP contribution in [0.1, 0.15) is 47.0 Å². The molecule has 11 heteroatoms. The second-order valence-electron chi connectivity index (χ2n) is 11.6. The summed E-state index contributed by atoms with van der Waals surface area (Å²) in [5, 5.41) is 0. The Morgan fingerprint density at radius 1 is 1.10 bits per heavy atom. The van der Waals surface area contributed by atoms with E-state index >= 15 is 0 Å². The summed E-state index contributed by atoms with van der Waals surface area (Å²) in [6.07, 6.45) is 5.37. The molecule has 0 aromatic heterocycles. The van der Waals surface area contributed by atoms with E-state index in [4.69, 9.17) is 13.9 Å². The SMILES string of the molecule is C=CCOC(=O)C(=O)N1C(=O)[C@@H]([C@@H](CO[SiH](C)C)C(C)(C)C)[C@H]1CC(=O)C(C)=C[C@@H]1CCCN1C(=O)OCC=C. The lowest BCUT2D eigenvalue weighted by molar-refractivity contribution is -0.181. The minimum atomic E-state index is -1.42. The van der Waals surface area contributed by atoms with E-state index in [1.807, 2.05) is 33.9 Å². The highest BCUT2D eigenvalue weighted by Crippen LogP contribution is 2.44. The molecule has 0 radical (unpaired) electrons. The molecule has 0 saturated carbocycles. The van der Waals surface area contributed by atoms with Crippen molar-refractivity contribution in [2.75, 3.05) is 26.4 Å². The Labute approximate surface area is 239 Å². The molecule has 222 valence electrons. The molecule has 2 fully saturated rings. The van der Waals surface area contributed by atoms with Gasteiger partial charge in [-0.2, -0.15) is 0 Å². The molecule has 10 nitrogen and oxygen atoms in total. The van der Waals surface area contributed by atoms with Gasteiger partial charge in [0.15, 0.2) is 14.8 Å². The Hall–Kier alpha value is -3.05. The molecule has 2 rings (SSSR count). The van der Waals surface area contributed by atoms with Crippen molar-refractivity contribution in [3.63, 3.8) is 0 Å². The smallest absolute Gasteiger partial charge is 0.410 e. The maximum absolute atomic E-state index is 13.5. The number of hydrogen-bond donors (Lipinski definition) is 0. The van der Waals surface area contributed by atoms with E-state index in [1.165, 1.54) is 12.2 Å². The van der Waals surface area contributed by atoms with Gasteiger partial charge < -0.3 is 18.8 Å². The van der Waals surface area contributed by atoms with Crippen molar-refractivity contribution < 1.29 is 37.9 Å². The average molecular weight is 577 g/mol. The predicted molar refractivity (Wildman–Crippen MR) is 153 cm³/mol. The Morgan fingerprint density at radius 2 is 1.73 bits per heavy atom. The summed E-state index contributed by atoms with van der Waals surface area (Å²) in [7, 11) is -1.42. The standard InChI is InChI=1S/C29H44N2O8Si/c1-9-14-37-27(35)26(34)31-22(24(25(31)33)21(29(4,5)6)18-39-40(7)8)17-23(32)19(3)16-20-12-11-13-30(20)28(36)38-15-10-2/h9-10,16,20-22,24,40H,1-2,11-15,17-18H2,3-8H3/t20-,21+,22+,24-/m0/s1. The van der Waals surface area contributed by atoms with Crippen LogP contribution in [0.2, 0.25) is 13.1 Å². The van der Waals surface area contributed by atoms with Crippen LogP contribution in [0.25, 0.3) is 0 Å². The van der Waals surface area contributed by atoms with Crippen LogP contribution in [0.15, 0.2) is 37.0 Å². The van der Waals surface area contributed by atoms with Crippen molar-refractivity contribution in [1.82, 2.24) is 9.80 Å². The molecule has 0 aromatic carbocycles. The highest BCUT2D eigenvalue weighted by molar-refractivity contribution is 6.48. The summed E-state index contributed by atoms with van der Waals surface area (Å²) in [6, 6.07) is -1.13. The van der Waals surface area contributed by atoms with Gasteiger partial charge in [0.25, 0.3) is 0 Å². The average Bonchev–Trinajstić information content (AvgIpc) is 3.34. The van der Waals surface area contributed by atoms with E-state index in [0.717, 1.165) is 11.3 Å². The number of β-lactam (4-membered cyclic amide) rings is 1. The van der Waals surface area contributed by atoms with Gasteiger partial charge in [-0.25, -0.2) is 9.59 Å². The van der Waals surface area contributed by atoms with Gasteiger partial charge in [0.05, 0.1) is 18.0 Å². The van der Waals surface area contributed by atoms with E-state index in [-0.39, 0.29) is 42.8 Å². The van der Waals surface area contributed by atoms with Gasteiger partial charge in [0, 0.05) is 19.6 Å². The predicted octanol–water partition coefficient (Wildman–Crippen LogP) is 3.42. The van der Waals surface area contributed by atoms with Crippen molar-refractivity contribution in [3.8, 4) is 0 Å². The van der Waals surface area contributed by atoms with Crippen LogP contribution in [-0.2, 0) is 33.1 Å². The van der Waals surface area contributed by atoms with Gasteiger partial charge in [0.1, 0.15) is 13.2 Å². The minimum absolute atomic E-state index is 0.0951. The first-order chi connectivity index (χ1) is 18.7. The summed E-state index contributed by atoms with van der Waals surface area (Å²) in [5.41, 5.74) is 0.0380. The molecule has 0 unspecified atom stereocenters. The Balaban J connectivity index is 2.32. The number of esters is 1. The zero-order valence-corrected chi connectivity index (χ0v) is 25.8. The minimum Gasteiger partial charge on any atom is -0.454 e. The lowest BCUT2D eigenvalue weighted by atomic mass is 9.65. The van der Waals surface area contributed by atoms with E-state index in [9.17, 15) is 24.0 Å². The second kappa shape index (κ2) is 14.5. The number of Topliss-reactive ketones (excluding diaryl/α,β-unsaturated/α-hetero) is 1. The van der Waals surface area contributed by atoms with Crippen LogP contribution in [0, 0.1) is 17.3 Å². The molecule has 2 saturated heterocycles. The van der Waals surface area contributed by atoms with E-state index in [1.54, 1.807) is 17.9 Å². The second-order valence-corrected chi connectivity index (χ2v) is 14.0. The number of ether oxygens (including phenoxy) is 2. The van der Waals surface area contributed by atoms with Crippen molar-refractivity contribution in [2.45, 2.75) is 72.1 Å². The largest absolute Gasteiger partial charge is 0.454 e. The lowest BCUT2D eigenvalue weighted by Crippen LogP contribution is -2.68. The molecule has 0 bridgehead atoms. The Morgan fingerprint density at radius 3 is 2.30 bits per heavy atom. The molecular formula is C29H44N2O8Si. The summed E-state index contributed by atoms with van der Waals surface area (Å²) < 4.78 is 16.1. The molecule has 40 heavy (non-hydrogen) atoms. The van der Waals surface area contributed by atoms with Crippen LogP contribution in [-0.4, -0.2) is 86.9 Å². The number of rotatable bonds is 12. The number of carbonyl (C=O) groups excluding carboxylic acids is 5. The monoisotopic (exact) mass is 576 g/mol. The molecule has 4 atom stereocenters. The molecule has 0 spiro atoms. The van der Waals surface area contributed by atoms with Gasteiger partial charge >= 0.3 is 18.0 Å². The van der Waals surface area contributed by atoms with Crippen LogP contribution >= 0.6 is 0 Å². The van der Waals surface area contributed by atoms with E-state index < -0.39 is 44.9 Å². The zero-order valence-electron chi connectivity index (χ0n) is 24.6. The fourth-order valence-corrected chi connectivity index (χ4v) is 5.69. The number of ketones is 1. The summed E-state index contributed by atoms with van der Waals surface area (Å²) in [6.45, 7) is 19.4. The van der Waals surface area contributed by atoms with Crippen LogP contribution < -0.4 is 0 Å². The maximum atomic E-state index is 13.5. The fourth-order valence-electron chi connectivity index (χ4n) is 5.10. The number of allylic oxidation sites excluding steroid dienone is 1. The number of nitrogens with zero attached hydrogens (tertiary/aromatic N) is 2. The molecule has 2 aliphatic heterocycles. The molecule has 0 aromatic rings. The maximum Gasteiger partial charge on any atom is 0.410 e. The van der Waals surface area contributed by atoms with Gasteiger partial charge in [-0.3, -0.25) is 19.3 Å². The number of carbonyl (C=O) groups is 5. The third-order valence-corrected chi connectivity index (χ3v) is 8.14. The van der Waals surface area contributed by atoms with Gasteiger partial charge in [-0.05, 0) is 49.8 Å². The number of hydrogen-bond acceptors (Lipinski definition) is 8. The molecule has 0 N–H and O–H groups in total. The van der Waals surface area contributed by atoms with E-state index in [0.29, 0.717) is 25.1 Å². The third kappa shape index (κ3) is 8.23. The third-order valence-electron chi connectivity index (χ3n) is 7.28. The highest BCUT2D eigenvalue weighted by Gasteiger charge is 2.57. The first-order valence-electron chi connectivity index (χ1n) is 13.8. The molecule has 0 aliphatic carbocycles. The summed E-state index contributed by atoms with van der Waals surface area (Å²) >= 11 is 0. The summed E-state index contributed by atoms with van der Waals surface area (Å²) in [5.74, 6) is -4.03. The first-order valence-corrected chi connectivity index (χ1v) is 16.5. The van der Waals surface area contributed by atoms with Gasteiger partial charge in [0.2, 0.25) is 5.91 Å². The number of imide groups is 1. The number of likely N-dealkylation sites (tertiary alicyclic amines) is 2. The Bertz CT molecular complexity index is 1030. The van der Waals surface area contributed by atoms with Crippen molar-refractivity contribution in [1.29, 1.82) is 0 Å². The molecule has 2 heterocycles. The molecular weight excluding hydrogens is 532 g/mol. The lowest BCUT2D eigenvalue weighted by Gasteiger charge is -2.51.